The van der Waals surface area contributed by atoms with Crippen molar-refractivity contribution in [2.45, 2.75) is 6.54 Å². The Balaban J connectivity index is 1.92. The number of nitrogens with one attached hydrogen (secondary N) is 1. The Labute approximate surface area is 110 Å². The first-order valence-electron chi connectivity index (χ1n) is 5.29. The molecule has 0 unspecified atom stereocenters. The summed E-state index contributed by atoms with van der Waals surface area (Å²) in [5, 5.41) is 0. The van der Waals surface area contributed by atoms with Gasteiger partial charge in [-0.05, 0) is 5.56 Å². The number of hydrogen-bond acceptors (Lipinski definition) is 4. The van der Waals surface area contributed by atoms with Gasteiger partial charge in [0.1, 0.15) is 6.33 Å². The van der Waals surface area contributed by atoms with E-state index in [1.54, 1.807) is 0 Å². The second kappa shape index (κ2) is 6.09. The third kappa shape index (κ3) is 3.51. The Hall–Kier alpha value is -1.98. The monoisotopic (exact) mass is 262 g/mol. The molecule has 1 heterocycles. The van der Waals surface area contributed by atoms with Gasteiger partial charge in [0.2, 0.25) is 0 Å². The maximum absolute atomic E-state index is 11.7. The number of amides is 1. The quantitative estimate of drug-likeness (QED) is 0.674. The Morgan fingerprint density at radius 2 is 1.89 bits per heavy atom. The van der Waals surface area contributed by atoms with E-state index in [-0.39, 0.29) is 5.91 Å². The number of benzene rings is 1. The number of aromatic nitrogens is 2. The van der Waals surface area contributed by atoms with E-state index in [2.05, 4.69) is 15.4 Å². The van der Waals surface area contributed by atoms with Gasteiger partial charge in [-0.15, -0.1) is 4.53 Å². The molecule has 0 bridgehead atoms. The lowest BCUT2D eigenvalue weighted by Gasteiger charge is -2.14. The summed E-state index contributed by atoms with van der Waals surface area (Å²) in [5.74, 6) is -0.346. The van der Waals surface area contributed by atoms with E-state index in [1.165, 1.54) is 23.2 Å². The minimum atomic E-state index is -0.346. The van der Waals surface area contributed by atoms with Crippen molar-refractivity contribution in [3.63, 3.8) is 0 Å². The summed E-state index contributed by atoms with van der Waals surface area (Å²) in [5.41, 5.74) is 3.88. The molecule has 0 fully saturated rings. The van der Waals surface area contributed by atoms with Crippen molar-refractivity contribution in [1.82, 2.24) is 19.9 Å². The fourth-order valence-corrected chi connectivity index (χ4v) is 1.59. The molecule has 5 nitrogen and oxygen atoms in total. The largest absolute Gasteiger partial charge is 0.270 e. The van der Waals surface area contributed by atoms with Crippen LogP contribution in [0.1, 0.15) is 15.9 Å². The van der Waals surface area contributed by atoms with Crippen LogP contribution in [0.15, 0.2) is 49.1 Å². The van der Waals surface area contributed by atoms with Crippen LogP contribution >= 0.6 is 11.8 Å². The minimum absolute atomic E-state index is 0.346. The van der Waals surface area contributed by atoms with Gasteiger partial charge in [0, 0.05) is 24.2 Å². The molecule has 92 valence electrons. The molecule has 2 rings (SSSR count). The minimum Gasteiger partial charge on any atom is -0.270 e. The topological polar surface area (TPSA) is 58.1 Å². The zero-order valence-corrected chi connectivity index (χ0v) is 10.2. The molecule has 18 heavy (non-hydrogen) atoms. The van der Waals surface area contributed by atoms with Gasteiger partial charge >= 0.3 is 0 Å². The summed E-state index contributed by atoms with van der Waals surface area (Å²) < 4.78 is 1.20. The van der Waals surface area contributed by atoms with Crippen LogP contribution in [0.4, 0.5) is 0 Å². The fraction of sp³-hybridized carbons (Fsp3) is 0.0833. The molecule has 2 aromatic rings. The predicted octanol–water partition coefficient (Wildman–Crippen LogP) is 1.78. The van der Waals surface area contributed by atoms with Gasteiger partial charge in [-0.1, -0.05) is 30.3 Å². The summed E-state index contributed by atoms with van der Waals surface area (Å²) in [6.45, 7) is 0.405. The van der Waals surface area contributed by atoms with Gasteiger partial charge in [-0.3, -0.25) is 10.2 Å². The first kappa shape index (κ1) is 12.5. The Kier molecular flexibility index (Phi) is 4.22. The molecule has 0 aliphatic heterocycles. The molecule has 1 N–H and O–H groups in total. The predicted molar refractivity (Wildman–Crippen MR) is 67.3 cm³/mol. The average molecular weight is 263 g/mol. The van der Waals surface area contributed by atoms with Crippen LogP contribution in [0, 0.1) is 0 Å². The normalized spacial score (nSPS) is 10.3. The second-order valence-corrected chi connectivity index (χ2v) is 3.98. The molecular formula is C12H11ClN4O. The van der Waals surface area contributed by atoms with Crippen LogP contribution in [-0.4, -0.2) is 20.4 Å². The smallest absolute Gasteiger partial charge is 0.269 e. The van der Waals surface area contributed by atoms with Gasteiger partial charge < -0.3 is 0 Å². The lowest BCUT2D eigenvalue weighted by Crippen LogP contribution is -2.35. The number of carbonyl (C=O) groups excluding carboxylic acids is 1. The van der Waals surface area contributed by atoms with Gasteiger partial charge in [0.25, 0.3) is 5.91 Å². The SMILES string of the molecule is O=C(NN(Cl)Cc1ccccc1)c1cncnc1. The molecule has 0 saturated carbocycles. The van der Waals surface area contributed by atoms with Crippen molar-refractivity contribution in [1.29, 1.82) is 0 Å². The van der Waals surface area contributed by atoms with Gasteiger partial charge in [-0.25, -0.2) is 9.97 Å². The van der Waals surface area contributed by atoms with E-state index in [0.717, 1.165) is 5.56 Å². The van der Waals surface area contributed by atoms with Gasteiger partial charge in [0.15, 0.2) is 0 Å². The fourth-order valence-electron chi connectivity index (χ4n) is 1.37. The third-order valence-electron chi connectivity index (χ3n) is 2.21. The number of halogens is 1. The third-order valence-corrected chi connectivity index (χ3v) is 2.41. The number of carbonyl (C=O) groups is 1. The Bertz CT molecular complexity index is 506. The average Bonchev–Trinajstić information content (AvgIpc) is 2.40. The molecule has 0 aliphatic rings. The summed E-state index contributed by atoms with van der Waals surface area (Å²) in [6.07, 6.45) is 4.21. The van der Waals surface area contributed by atoms with Crippen molar-refractivity contribution < 1.29 is 4.79 Å². The van der Waals surface area contributed by atoms with Crippen LogP contribution in [-0.2, 0) is 6.54 Å². The molecule has 6 heteroatoms. The zero-order chi connectivity index (χ0) is 12.8. The number of hydrogen-bond donors (Lipinski definition) is 1. The van der Waals surface area contributed by atoms with E-state index in [1.807, 2.05) is 30.3 Å². The van der Waals surface area contributed by atoms with Crippen molar-refractivity contribution in [2.24, 2.45) is 0 Å². The molecular weight excluding hydrogens is 252 g/mol. The molecule has 1 aromatic carbocycles. The van der Waals surface area contributed by atoms with Crippen molar-refractivity contribution in [3.8, 4) is 0 Å². The highest BCUT2D eigenvalue weighted by Gasteiger charge is 2.09. The molecule has 0 spiro atoms. The van der Waals surface area contributed by atoms with Crippen LogP contribution in [0.2, 0.25) is 0 Å². The highest BCUT2D eigenvalue weighted by Crippen LogP contribution is 2.05. The molecule has 1 amide bonds. The first-order chi connectivity index (χ1) is 8.75. The maximum Gasteiger partial charge on any atom is 0.269 e. The number of nitrogens with zero attached hydrogens (tertiary/aromatic N) is 3. The van der Waals surface area contributed by atoms with E-state index < -0.39 is 0 Å². The number of hydrazine groups is 1. The van der Waals surface area contributed by atoms with E-state index in [0.29, 0.717) is 12.1 Å². The Morgan fingerprint density at radius 1 is 1.22 bits per heavy atom. The lowest BCUT2D eigenvalue weighted by molar-refractivity contribution is 0.0877. The second-order valence-electron chi connectivity index (χ2n) is 3.57. The lowest BCUT2D eigenvalue weighted by atomic mass is 10.2. The highest BCUT2D eigenvalue weighted by molar-refractivity contribution is 6.14. The molecule has 0 saturated heterocycles. The van der Waals surface area contributed by atoms with Crippen LogP contribution < -0.4 is 5.43 Å². The Morgan fingerprint density at radius 3 is 2.56 bits per heavy atom. The molecule has 0 aliphatic carbocycles. The zero-order valence-electron chi connectivity index (χ0n) is 9.45. The molecule has 1 aromatic heterocycles. The standard InChI is InChI=1S/C12H11ClN4O/c13-17(8-10-4-2-1-3-5-10)16-12(18)11-6-14-9-15-7-11/h1-7,9H,8H2,(H,16,18). The van der Waals surface area contributed by atoms with Crippen LogP contribution in [0.25, 0.3) is 0 Å². The summed E-state index contributed by atoms with van der Waals surface area (Å²) in [6, 6.07) is 9.59. The van der Waals surface area contributed by atoms with Crippen molar-refractivity contribution in [2.75, 3.05) is 0 Å². The summed E-state index contributed by atoms with van der Waals surface area (Å²) in [7, 11) is 0. The summed E-state index contributed by atoms with van der Waals surface area (Å²) in [4.78, 5) is 19.3. The number of rotatable bonds is 4. The van der Waals surface area contributed by atoms with Gasteiger partial charge in [-0.2, -0.15) is 0 Å². The van der Waals surface area contributed by atoms with E-state index in [4.69, 9.17) is 11.8 Å². The summed E-state index contributed by atoms with van der Waals surface area (Å²) >= 11 is 5.92. The highest BCUT2D eigenvalue weighted by atomic mass is 35.5. The van der Waals surface area contributed by atoms with Crippen LogP contribution in [0.5, 0.6) is 0 Å². The van der Waals surface area contributed by atoms with Gasteiger partial charge in [0.05, 0.1) is 12.1 Å². The van der Waals surface area contributed by atoms with E-state index in [9.17, 15) is 4.79 Å². The molecule has 0 radical (unpaired) electrons. The van der Waals surface area contributed by atoms with Crippen LogP contribution in [0.3, 0.4) is 0 Å². The maximum atomic E-state index is 11.7. The molecule has 0 atom stereocenters. The van der Waals surface area contributed by atoms with Crippen molar-refractivity contribution >= 4 is 17.7 Å². The van der Waals surface area contributed by atoms with Crippen molar-refractivity contribution in [3.05, 3.63) is 60.2 Å². The van der Waals surface area contributed by atoms with E-state index >= 15 is 0 Å². The first-order valence-corrected chi connectivity index (χ1v) is 5.63.